The molecule has 1 fully saturated rings. The summed E-state index contributed by atoms with van der Waals surface area (Å²) >= 11 is 1.98. The van der Waals surface area contributed by atoms with E-state index in [2.05, 4.69) is 18.2 Å². The molecule has 16 heavy (non-hydrogen) atoms. The summed E-state index contributed by atoms with van der Waals surface area (Å²) in [6.45, 7) is 0. The number of ether oxygens (including phenoxy) is 1. The number of nitrogens with two attached hydrogens (primary N) is 1. The van der Waals surface area contributed by atoms with Gasteiger partial charge in [-0.25, -0.2) is 0 Å². The molecule has 1 aromatic carbocycles. The molecule has 86 valence electrons. The zero-order chi connectivity index (χ0) is 11.0. The second-order valence-electron chi connectivity index (χ2n) is 4.75. The fourth-order valence-corrected chi connectivity index (χ4v) is 3.95. The Labute approximate surface area is 101 Å². The molecule has 0 spiro atoms. The summed E-state index contributed by atoms with van der Waals surface area (Å²) in [7, 11) is 0. The first-order valence-electron chi connectivity index (χ1n) is 5.91. The smallest absolute Gasteiger partial charge is 0.123 e. The first-order valence-corrected chi connectivity index (χ1v) is 7.06. The molecule has 3 heteroatoms. The van der Waals surface area contributed by atoms with Gasteiger partial charge in [0.2, 0.25) is 0 Å². The van der Waals surface area contributed by atoms with E-state index in [-0.39, 0.29) is 0 Å². The van der Waals surface area contributed by atoms with E-state index in [9.17, 15) is 0 Å². The van der Waals surface area contributed by atoms with Crippen LogP contribution in [0.4, 0.5) is 0 Å². The van der Waals surface area contributed by atoms with Gasteiger partial charge >= 0.3 is 0 Å². The van der Waals surface area contributed by atoms with Gasteiger partial charge in [0.1, 0.15) is 11.9 Å². The van der Waals surface area contributed by atoms with Crippen molar-refractivity contribution in [2.45, 2.75) is 25.0 Å². The largest absolute Gasteiger partial charge is 0.490 e. The molecule has 3 atom stereocenters. The molecule has 1 aromatic rings. The first kappa shape index (κ1) is 10.5. The number of thioether (sulfide) groups is 1. The molecule has 2 aliphatic rings. The van der Waals surface area contributed by atoms with E-state index < -0.39 is 0 Å². The van der Waals surface area contributed by atoms with E-state index in [0.29, 0.717) is 18.1 Å². The van der Waals surface area contributed by atoms with Crippen molar-refractivity contribution >= 4 is 11.8 Å². The van der Waals surface area contributed by atoms with Gasteiger partial charge in [0.25, 0.3) is 0 Å². The molecule has 3 unspecified atom stereocenters. The lowest BCUT2D eigenvalue weighted by Gasteiger charge is -2.18. The van der Waals surface area contributed by atoms with Gasteiger partial charge in [0.05, 0.1) is 0 Å². The van der Waals surface area contributed by atoms with Gasteiger partial charge in [-0.2, -0.15) is 11.8 Å². The summed E-state index contributed by atoms with van der Waals surface area (Å²) in [6.07, 6.45) is 2.53. The normalized spacial score (nSPS) is 32.4. The number of hydrogen-bond acceptors (Lipinski definition) is 3. The second-order valence-corrected chi connectivity index (χ2v) is 5.82. The molecular weight excluding hydrogens is 218 g/mol. The topological polar surface area (TPSA) is 35.2 Å². The summed E-state index contributed by atoms with van der Waals surface area (Å²) in [4.78, 5) is 0. The molecule has 2 heterocycles. The van der Waals surface area contributed by atoms with Crippen molar-refractivity contribution in [1.29, 1.82) is 0 Å². The molecular formula is C13H17NOS. The molecule has 0 bridgehead atoms. The maximum absolute atomic E-state index is 6.09. The number of rotatable bonds is 2. The highest BCUT2D eigenvalue weighted by Gasteiger charge is 2.31. The maximum atomic E-state index is 6.09. The third kappa shape index (κ3) is 1.94. The molecule has 0 aliphatic carbocycles. The standard InChI is InChI=1S/C13H17NOS/c14-12-8-16-7-10(12)6-11-5-9-3-1-2-4-13(9)15-11/h1-4,10-12H,5-8,14H2. The van der Waals surface area contributed by atoms with Crippen LogP contribution in [0.2, 0.25) is 0 Å². The molecule has 0 saturated carbocycles. The van der Waals surface area contributed by atoms with Crippen LogP contribution in [0, 0.1) is 5.92 Å². The molecule has 2 N–H and O–H groups in total. The lowest BCUT2D eigenvalue weighted by Crippen LogP contribution is -2.32. The molecule has 2 aliphatic heterocycles. The Bertz CT molecular complexity index is 357. The summed E-state index contributed by atoms with van der Waals surface area (Å²) in [5.41, 5.74) is 7.44. The van der Waals surface area contributed by atoms with Crippen LogP contribution in [0.1, 0.15) is 12.0 Å². The summed E-state index contributed by atoms with van der Waals surface area (Å²) in [5.74, 6) is 4.04. The zero-order valence-electron chi connectivity index (χ0n) is 9.26. The van der Waals surface area contributed by atoms with Gasteiger partial charge in [-0.1, -0.05) is 18.2 Å². The van der Waals surface area contributed by atoms with Gasteiger partial charge in [-0.15, -0.1) is 0 Å². The predicted molar refractivity (Wildman–Crippen MR) is 68.0 cm³/mol. The highest BCUT2D eigenvalue weighted by atomic mass is 32.2. The van der Waals surface area contributed by atoms with Crippen molar-refractivity contribution in [1.82, 2.24) is 0 Å². The van der Waals surface area contributed by atoms with Gasteiger partial charge in [0.15, 0.2) is 0 Å². The number of para-hydroxylation sites is 1. The Balaban J connectivity index is 1.63. The fourth-order valence-electron chi connectivity index (χ4n) is 2.58. The minimum absolute atomic E-state index is 0.354. The Morgan fingerprint density at radius 1 is 1.31 bits per heavy atom. The summed E-state index contributed by atoms with van der Waals surface area (Å²) < 4.78 is 5.95. The SMILES string of the molecule is NC1CSCC1CC1Cc2ccccc2O1. The molecule has 0 aromatic heterocycles. The molecule has 1 saturated heterocycles. The van der Waals surface area contributed by atoms with Crippen LogP contribution in [0.3, 0.4) is 0 Å². The van der Waals surface area contributed by atoms with Crippen LogP contribution in [-0.4, -0.2) is 23.7 Å². The van der Waals surface area contributed by atoms with Crippen LogP contribution in [0.25, 0.3) is 0 Å². The van der Waals surface area contributed by atoms with Crippen molar-refractivity contribution in [3.63, 3.8) is 0 Å². The van der Waals surface area contributed by atoms with E-state index in [0.717, 1.165) is 24.3 Å². The summed E-state index contributed by atoms with van der Waals surface area (Å²) in [6, 6.07) is 8.73. The van der Waals surface area contributed by atoms with Crippen molar-refractivity contribution in [2.75, 3.05) is 11.5 Å². The quantitative estimate of drug-likeness (QED) is 0.852. The minimum atomic E-state index is 0.354. The van der Waals surface area contributed by atoms with Crippen molar-refractivity contribution in [2.24, 2.45) is 11.7 Å². The Hall–Kier alpha value is -0.670. The minimum Gasteiger partial charge on any atom is -0.490 e. The third-order valence-corrected chi connectivity index (χ3v) is 4.81. The van der Waals surface area contributed by atoms with Crippen LogP contribution in [0.5, 0.6) is 5.75 Å². The van der Waals surface area contributed by atoms with Crippen LogP contribution in [-0.2, 0) is 6.42 Å². The number of benzene rings is 1. The van der Waals surface area contributed by atoms with Crippen LogP contribution < -0.4 is 10.5 Å². The predicted octanol–water partition coefficient (Wildman–Crippen LogP) is 2.07. The number of hydrogen-bond donors (Lipinski definition) is 1. The molecule has 0 amide bonds. The number of fused-ring (bicyclic) bond motifs is 1. The Morgan fingerprint density at radius 3 is 2.94 bits per heavy atom. The van der Waals surface area contributed by atoms with Crippen molar-refractivity contribution in [3.8, 4) is 5.75 Å². The van der Waals surface area contributed by atoms with Gasteiger partial charge in [-0.3, -0.25) is 0 Å². The van der Waals surface area contributed by atoms with Crippen molar-refractivity contribution in [3.05, 3.63) is 29.8 Å². The van der Waals surface area contributed by atoms with Crippen LogP contribution in [0.15, 0.2) is 24.3 Å². The van der Waals surface area contributed by atoms with E-state index in [1.54, 1.807) is 0 Å². The molecule has 0 radical (unpaired) electrons. The highest BCUT2D eigenvalue weighted by molar-refractivity contribution is 7.99. The van der Waals surface area contributed by atoms with Gasteiger partial charge in [0, 0.05) is 18.2 Å². The maximum Gasteiger partial charge on any atom is 0.123 e. The average molecular weight is 235 g/mol. The third-order valence-electron chi connectivity index (χ3n) is 3.53. The Kier molecular flexibility index (Phi) is 2.82. The van der Waals surface area contributed by atoms with E-state index in [4.69, 9.17) is 10.5 Å². The van der Waals surface area contributed by atoms with Gasteiger partial charge < -0.3 is 10.5 Å². The fraction of sp³-hybridized carbons (Fsp3) is 0.538. The van der Waals surface area contributed by atoms with Crippen LogP contribution >= 0.6 is 11.8 Å². The summed E-state index contributed by atoms with van der Waals surface area (Å²) in [5, 5.41) is 0. The Morgan fingerprint density at radius 2 is 2.19 bits per heavy atom. The second kappa shape index (κ2) is 4.30. The highest BCUT2D eigenvalue weighted by Crippen LogP contribution is 2.34. The lowest BCUT2D eigenvalue weighted by molar-refractivity contribution is 0.194. The first-order chi connectivity index (χ1) is 7.83. The van der Waals surface area contributed by atoms with E-state index >= 15 is 0 Å². The monoisotopic (exact) mass is 235 g/mol. The van der Waals surface area contributed by atoms with Crippen molar-refractivity contribution < 1.29 is 4.74 Å². The average Bonchev–Trinajstić information content (AvgIpc) is 2.85. The van der Waals surface area contributed by atoms with E-state index in [1.807, 2.05) is 17.8 Å². The van der Waals surface area contributed by atoms with Gasteiger partial charge in [-0.05, 0) is 29.7 Å². The molecule has 2 nitrogen and oxygen atoms in total. The molecule has 3 rings (SSSR count). The lowest BCUT2D eigenvalue weighted by atomic mass is 9.95. The zero-order valence-corrected chi connectivity index (χ0v) is 10.1. The van der Waals surface area contributed by atoms with E-state index in [1.165, 1.54) is 11.3 Å².